The highest BCUT2D eigenvalue weighted by atomic mass is 16.6. The number of nitrogens with one attached hydrogen (secondary N) is 1. The molecule has 124 valence electrons. The van der Waals surface area contributed by atoms with Crippen molar-refractivity contribution in [3.8, 4) is 0 Å². The molecule has 0 unspecified atom stereocenters. The van der Waals surface area contributed by atoms with E-state index in [1.165, 1.54) is 0 Å². The van der Waals surface area contributed by atoms with Gasteiger partial charge in [-0.2, -0.15) is 0 Å². The van der Waals surface area contributed by atoms with Gasteiger partial charge in [0.05, 0.1) is 0 Å². The number of hydrogen-bond acceptors (Lipinski definition) is 5. The lowest BCUT2D eigenvalue weighted by Gasteiger charge is -2.35. The van der Waals surface area contributed by atoms with E-state index in [2.05, 4.69) is 10.2 Å². The smallest absolute Gasteiger partial charge is 0.410 e. The average Bonchev–Trinajstić information content (AvgIpc) is 2.41. The minimum absolute atomic E-state index is 0.189. The van der Waals surface area contributed by atoms with Gasteiger partial charge in [0.2, 0.25) is 0 Å². The highest BCUT2D eigenvalue weighted by molar-refractivity contribution is 5.68. The van der Waals surface area contributed by atoms with E-state index in [9.17, 15) is 4.79 Å². The second-order valence-corrected chi connectivity index (χ2v) is 6.55. The number of carbonyl (C=O) groups excluding carboxylic acids is 1. The number of ether oxygens (including phenoxy) is 1. The van der Waals surface area contributed by atoms with Gasteiger partial charge in [-0.15, -0.1) is 0 Å². The maximum Gasteiger partial charge on any atom is 0.410 e. The van der Waals surface area contributed by atoms with Crippen LogP contribution in [0.15, 0.2) is 0 Å². The maximum atomic E-state index is 11.9. The minimum atomic E-state index is -0.413. The molecule has 1 amide bonds. The van der Waals surface area contributed by atoms with Gasteiger partial charge in [0, 0.05) is 26.2 Å². The Morgan fingerprint density at radius 1 is 1.14 bits per heavy atom. The van der Waals surface area contributed by atoms with Crippen molar-refractivity contribution in [2.75, 3.05) is 52.4 Å². The van der Waals surface area contributed by atoms with Gasteiger partial charge < -0.3 is 20.7 Å². The normalized spacial score (nSPS) is 17.0. The van der Waals surface area contributed by atoms with E-state index >= 15 is 0 Å². The molecular weight excluding hydrogens is 268 g/mol. The van der Waals surface area contributed by atoms with Crippen molar-refractivity contribution in [2.24, 2.45) is 5.73 Å². The molecule has 0 saturated carbocycles. The van der Waals surface area contributed by atoms with Crippen LogP contribution in [0.5, 0.6) is 0 Å². The van der Waals surface area contributed by atoms with Crippen molar-refractivity contribution in [1.29, 1.82) is 0 Å². The Bertz CT molecular complexity index is 297. The van der Waals surface area contributed by atoms with E-state index in [0.717, 1.165) is 65.2 Å². The van der Waals surface area contributed by atoms with E-state index in [0.29, 0.717) is 0 Å². The van der Waals surface area contributed by atoms with Crippen molar-refractivity contribution >= 4 is 6.09 Å². The summed E-state index contributed by atoms with van der Waals surface area (Å²) in [6.45, 7) is 13.0. The van der Waals surface area contributed by atoms with Crippen LogP contribution in [0.4, 0.5) is 4.79 Å². The van der Waals surface area contributed by atoms with Gasteiger partial charge in [-0.1, -0.05) is 0 Å². The summed E-state index contributed by atoms with van der Waals surface area (Å²) in [6.07, 6.45) is 1.98. The van der Waals surface area contributed by atoms with Crippen LogP contribution in [-0.4, -0.2) is 73.9 Å². The summed E-state index contributed by atoms with van der Waals surface area (Å²) in [7, 11) is 0. The fourth-order valence-electron chi connectivity index (χ4n) is 2.26. The summed E-state index contributed by atoms with van der Waals surface area (Å²) in [5, 5.41) is 3.39. The molecule has 0 aromatic rings. The molecule has 21 heavy (non-hydrogen) atoms. The quantitative estimate of drug-likeness (QED) is 0.683. The zero-order valence-electron chi connectivity index (χ0n) is 13.9. The van der Waals surface area contributed by atoms with E-state index in [4.69, 9.17) is 10.5 Å². The summed E-state index contributed by atoms with van der Waals surface area (Å²) in [6, 6.07) is 0. The Kier molecular flexibility index (Phi) is 8.00. The molecule has 3 N–H and O–H groups in total. The highest BCUT2D eigenvalue weighted by Crippen LogP contribution is 2.11. The third-order valence-corrected chi connectivity index (χ3v) is 3.41. The van der Waals surface area contributed by atoms with Crippen LogP contribution in [-0.2, 0) is 4.74 Å². The van der Waals surface area contributed by atoms with Crippen molar-refractivity contribution in [3.63, 3.8) is 0 Å². The lowest BCUT2D eigenvalue weighted by atomic mass is 10.2. The average molecular weight is 300 g/mol. The Labute approximate surface area is 129 Å². The Morgan fingerprint density at radius 3 is 2.33 bits per heavy atom. The summed E-state index contributed by atoms with van der Waals surface area (Å²) < 4.78 is 5.40. The van der Waals surface area contributed by atoms with Gasteiger partial charge in [0.25, 0.3) is 0 Å². The SMILES string of the molecule is CC(C)(C)OC(=O)N1CCN(CCCNCCCN)CC1. The second kappa shape index (κ2) is 9.23. The molecule has 0 aromatic carbocycles. The van der Waals surface area contributed by atoms with Crippen LogP contribution in [0.3, 0.4) is 0 Å². The van der Waals surface area contributed by atoms with E-state index in [1.54, 1.807) is 4.90 Å². The van der Waals surface area contributed by atoms with Gasteiger partial charge >= 0.3 is 6.09 Å². The molecule has 0 aliphatic carbocycles. The van der Waals surface area contributed by atoms with Gasteiger partial charge in [-0.25, -0.2) is 4.79 Å². The molecule has 6 nitrogen and oxygen atoms in total. The highest BCUT2D eigenvalue weighted by Gasteiger charge is 2.25. The number of nitrogens with zero attached hydrogens (tertiary/aromatic N) is 2. The van der Waals surface area contributed by atoms with Crippen molar-refractivity contribution in [1.82, 2.24) is 15.1 Å². The van der Waals surface area contributed by atoms with Crippen LogP contribution in [0.25, 0.3) is 0 Å². The zero-order valence-corrected chi connectivity index (χ0v) is 13.9. The van der Waals surface area contributed by atoms with Crippen molar-refractivity contribution in [2.45, 2.75) is 39.2 Å². The Hall–Kier alpha value is -0.850. The number of carbonyl (C=O) groups is 1. The number of amides is 1. The fraction of sp³-hybridized carbons (Fsp3) is 0.933. The molecule has 0 bridgehead atoms. The van der Waals surface area contributed by atoms with Crippen LogP contribution in [0, 0.1) is 0 Å². The number of hydrogen-bond donors (Lipinski definition) is 2. The molecule has 1 fully saturated rings. The lowest BCUT2D eigenvalue weighted by molar-refractivity contribution is 0.0144. The first-order valence-electron chi connectivity index (χ1n) is 8.03. The molecule has 1 aliphatic heterocycles. The fourth-order valence-corrected chi connectivity index (χ4v) is 2.26. The molecule has 1 heterocycles. The topological polar surface area (TPSA) is 70.8 Å². The molecule has 1 rings (SSSR count). The first-order chi connectivity index (χ1) is 9.92. The van der Waals surface area contributed by atoms with E-state index in [1.807, 2.05) is 20.8 Å². The predicted molar refractivity (Wildman–Crippen MR) is 85.4 cm³/mol. The predicted octanol–water partition coefficient (Wildman–Crippen LogP) is 0.868. The van der Waals surface area contributed by atoms with E-state index < -0.39 is 5.60 Å². The Morgan fingerprint density at radius 2 is 1.76 bits per heavy atom. The number of nitrogens with two attached hydrogens (primary N) is 1. The molecule has 1 saturated heterocycles. The molecule has 1 aliphatic rings. The largest absolute Gasteiger partial charge is 0.444 e. The third kappa shape index (κ3) is 8.24. The van der Waals surface area contributed by atoms with Crippen LogP contribution in [0.2, 0.25) is 0 Å². The monoisotopic (exact) mass is 300 g/mol. The standard InChI is InChI=1S/C15H32N4O2/c1-15(2,3)21-14(20)19-12-10-18(11-13-19)9-5-8-17-7-4-6-16/h17H,4-13,16H2,1-3H3. The van der Waals surface area contributed by atoms with Crippen LogP contribution < -0.4 is 11.1 Å². The van der Waals surface area contributed by atoms with Gasteiger partial charge in [0.15, 0.2) is 0 Å². The van der Waals surface area contributed by atoms with E-state index in [-0.39, 0.29) is 6.09 Å². The van der Waals surface area contributed by atoms with Crippen LogP contribution >= 0.6 is 0 Å². The first kappa shape index (κ1) is 18.2. The Balaban J connectivity index is 2.10. The van der Waals surface area contributed by atoms with Crippen molar-refractivity contribution in [3.05, 3.63) is 0 Å². The molecule has 0 aromatic heterocycles. The molecular formula is C15H32N4O2. The molecule has 0 atom stereocenters. The lowest BCUT2D eigenvalue weighted by Crippen LogP contribution is -2.50. The molecule has 0 radical (unpaired) electrons. The number of piperazine rings is 1. The minimum Gasteiger partial charge on any atom is -0.444 e. The molecule has 0 spiro atoms. The summed E-state index contributed by atoms with van der Waals surface area (Å²) in [5.74, 6) is 0. The third-order valence-electron chi connectivity index (χ3n) is 3.41. The summed E-state index contributed by atoms with van der Waals surface area (Å²) in [4.78, 5) is 16.2. The van der Waals surface area contributed by atoms with Crippen molar-refractivity contribution < 1.29 is 9.53 Å². The zero-order chi connectivity index (χ0) is 15.7. The van der Waals surface area contributed by atoms with Gasteiger partial charge in [-0.05, 0) is 59.8 Å². The van der Waals surface area contributed by atoms with Gasteiger partial charge in [0.1, 0.15) is 5.60 Å². The molecule has 6 heteroatoms. The summed E-state index contributed by atoms with van der Waals surface area (Å²) >= 11 is 0. The first-order valence-corrected chi connectivity index (χ1v) is 8.03. The van der Waals surface area contributed by atoms with Crippen LogP contribution in [0.1, 0.15) is 33.6 Å². The number of rotatable bonds is 7. The second-order valence-electron chi connectivity index (χ2n) is 6.55. The summed E-state index contributed by atoms with van der Waals surface area (Å²) in [5.41, 5.74) is 5.03. The van der Waals surface area contributed by atoms with Gasteiger partial charge in [-0.3, -0.25) is 4.90 Å². The maximum absolute atomic E-state index is 11.9.